The van der Waals surface area contributed by atoms with E-state index in [4.69, 9.17) is 16.9 Å². The van der Waals surface area contributed by atoms with Crippen molar-refractivity contribution in [2.24, 2.45) is 0 Å². The Labute approximate surface area is 132 Å². The molecule has 0 spiro atoms. The van der Waals surface area contributed by atoms with E-state index in [0.717, 1.165) is 11.4 Å². The maximum Gasteiger partial charge on any atom is 0.242 e. The highest BCUT2D eigenvalue weighted by atomic mass is 35.5. The van der Waals surface area contributed by atoms with Gasteiger partial charge in [-0.25, -0.2) is 18.1 Å². The highest BCUT2D eigenvalue weighted by Gasteiger charge is 2.20. The van der Waals surface area contributed by atoms with Crippen LogP contribution in [0.1, 0.15) is 23.2 Å². The molecule has 0 aliphatic carbocycles. The van der Waals surface area contributed by atoms with Crippen LogP contribution in [0.2, 0.25) is 5.02 Å². The SMILES string of the molecule is CCc1nc(CNS(=O)(=O)c2cccc(Cl)c2C#N)cs1. The van der Waals surface area contributed by atoms with Gasteiger partial charge in [0, 0.05) is 5.38 Å². The van der Waals surface area contributed by atoms with Gasteiger partial charge in [0.2, 0.25) is 10.0 Å². The molecule has 1 heterocycles. The van der Waals surface area contributed by atoms with E-state index in [1.165, 1.54) is 29.5 Å². The van der Waals surface area contributed by atoms with Crippen molar-refractivity contribution in [2.45, 2.75) is 24.8 Å². The third kappa shape index (κ3) is 3.60. The first-order chi connectivity index (χ1) is 9.97. The number of rotatable bonds is 5. The molecule has 110 valence electrons. The number of nitrogens with one attached hydrogen (secondary N) is 1. The summed E-state index contributed by atoms with van der Waals surface area (Å²) in [5.41, 5.74) is 0.597. The topological polar surface area (TPSA) is 82.8 Å². The van der Waals surface area contributed by atoms with Crippen LogP contribution in [0.25, 0.3) is 0 Å². The number of aromatic nitrogens is 1. The first-order valence-corrected chi connectivity index (χ1v) is 8.83. The molecule has 0 saturated carbocycles. The van der Waals surface area contributed by atoms with E-state index in [0.29, 0.717) is 5.69 Å². The summed E-state index contributed by atoms with van der Waals surface area (Å²) in [6, 6.07) is 6.14. The quantitative estimate of drug-likeness (QED) is 0.906. The predicted molar refractivity (Wildman–Crippen MR) is 81.7 cm³/mol. The molecule has 1 N–H and O–H groups in total. The molecule has 0 radical (unpaired) electrons. The standard InChI is InChI=1S/C13H12ClN3O2S2/c1-2-13-17-9(8-20-13)7-16-21(18,19)12-5-3-4-11(14)10(12)6-15/h3-5,8,16H,2,7H2,1H3. The number of benzene rings is 1. The van der Waals surface area contributed by atoms with Crippen molar-refractivity contribution in [1.29, 1.82) is 5.26 Å². The van der Waals surface area contributed by atoms with E-state index in [1.807, 2.05) is 18.4 Å². The molecule has 0 fully saturated rings. The van der Waals surface area contributed by atoms with E-state index in [1.54, 1.807) is 0 Å². The highest BCUT2D eigenvalue weighted by Crippen LogP contribution is 2.23. The summed E-state index contributed by atoms with van der Waals surface area (Å²) in [7, 11) is -3.81. The van der Waals surface area contributed by atoms with Crippen LogP contribution in [-0.4, -0.2) is 13.4 Å². The summed E-state index contributed by atoms with van der Waals surface area (Å²) in [5.74, 6) is 0. The van der Waals surface area contributed by atoms with Crippen LogP contribution >= 0.6 is 22.9 Å². The lowest BCUT2D eigenvalue weighted by atomic mass is 10.2. The molecule has 0 atom stereocenters. The molecule has 0 bridgehead atoms. The molecule has 0 saturated heterocycles. The minimum Gasteiger partial charge on any atom is -0.245 e. The number of hydrogen-bond donors (Lipinski definition) is 1. The summed E-state index contributed by atoms with van der Waals surface area (Å²) in [6.45, 7) is 2.06. The Morgan fingerprint density at radius 1 is 1.48 bits per heavy atom. The predicted octanol–water partition coefficient (Wildman–Crippen LogP) is 2.71. The van der Waals surface area contributed by atoms with Crippen LogP contribution < -0.4 is 4.72 Å². The van der Waals surface area contributed by atoms with Gasteiger partial charge < -0.3 is 0 Å². The Kier molecular flexibility index (Phi) is 4.96. The summed E-state index contributed by atoms with van der Waals surface area (Å²) >= 11 is 7.34. The van der Waals surface area contributed by atoms with Gasteiger partial charge in [0.25, 0.3) is 0 Å². The number of hydrogen-bond acceptors (Lipinski definition) is 5. The average Bonchev–Trinajstić information content (AvgIpc) is 2.93. The molecule has 2 rings (SSSR count). The van der Waals surface area contributed by atoms with E-state index in [-0.39, 0.29) is 22.0 Å². The molecular weight excluding hydrogens is 330 g/mol. The molecule has 0 amide bonds. The van der Waals surface area contributed by atoms with Gasteiger partial charge in [-0.05, 0) is 18.6 Å². The molecule has 5 nitrogen and oxygen atoms in total. The average molecular weight is 342 g/mol. The second-order valence-corrected chi connectivity index (χ2v) is 7.22. The fraction of sp³-hybridized carbons (Fsp3) is 0.231. The van der Waals surface area contributed by atoms with Gasteiger partial charge >= 0.3 is 0 Å². The van der Waals surface area contributed by atoms with Crippen molar-refractivity contribution >= 4 is 33.0 Å². The van der Waals surface area contributed by atoms with Crippen molar-refractivity contribution in [3.8, 4) is 6.07 Å². The van der Waals surface area contributed by atoms with Gasteiger partial charge in [-0.1, -0.05) is 24.6 Å². The summed E-state index contributed by atoms with van der Waals surface area (Å²) in [5, 5.41) is 11.9. The van der Waals surface area contributed by atoms with Crippen LogP contribution in [0, 0.1) is 11.3 Å². The lowest BCUT2D eigenvalue weighted by molar-refractivity contribution is 0.580. The van der Waals surface area contributed by atoms with Crippen LogP contribution in [-0.2, 0) is 23.0 Å². The van der Waals surface area contributed by atoms with Crippen LogP contribution in [0.5, 0.6) is 0 Å². The van der Waals surface area contributed by atoms with E-state index in [2.05, 4.69) is 9.71 Å². The van der Waals surface area contributed by atoms with E-state index in [9.17, 15) is 8.42 Å². The minimum atomic E-state index is -3.81. The Hall–Kier alpha value is -1.46. The van der Waals surface area contributed by atoms with Gasteiger partial charge in [0.15, 0.2) is 0 Å². The zero-order valence-corrected chi connectivity index (χ0v) is 13.5. The molecule has 1 aromatic heterocycles. The third-order valence-corrected chi connectivity index (χ3v) is 5.52. The van der Waals surface area contributed by atoms with Crippen molar-refractivity contribution in [1.82, 2.24) is 9.71 Å². The van der Waals surface area contributed by atoms with Gasteiger partial charge in [0.1, 0.15) is 11.0 Å². The maximum absolute atomic E-state index is 12.3. The normalized spacial score (nSPS) is 11.3. The first kappa shape index (κ1) is 15.9. The molecule has 2 aromatic rings. The number of thiazole rings is 1. The fourth-order valence-electron chi connectivity index (χ4n) is 1.68. The van der Waals surface area contributed by atoms with Crippen molar-refractivity contribution in [3.63, 3.8) is 0 Å². The second kappa shape index (κ2) is 6.54. The number of halogens is 1. The summed E-state index contributed by atoms with van der Waals surface area (Å²) in [6.07, 6.45) is 0.810. The van der Waals surface area contributed by atoms with Crippen molar-refractivity contribution < 1.29 is 8.42 Å². The monoisotopic (exact) mass is 341 g/mol. The molecule has 0 unspecified atom stereocenters. The van der Waals surface area contributed by atoms with Crippen molar-refractivity contribution in [3.05, 3.63) is 44.9 Å². The van der Waals surface area contributed by atoms with Gasteiger partial charge in [-0.15, -0.1) is 11.3 Å². The number of nitrogens with zero attached hydrogens (tertiary/aromatic N) is 2. The number of sulfonamides is 1. The molecule has 1 aromatic carbocycles. The lowest BCUT2D eigenvalue weighted by Gasteiger charge is -2.07. The Bertz CT molecular complexity index is 794. The highest BCUT2D eigenvalue weighted by molar-refractivity contribution is 7.89. The van der Waals surface area contributed by atoms with Gasteiger partial charge in [-0.3, -0.25) is 0 Å². The van der Waals surface area contributed by atoms with E-state index < -0.39 is 10.0 Å². The second-order valence-electron chi connectivity index (χ2n) is 4.14. The third-order valence-electron chi connectivity index (χ3n) is 2.72. The largest absolute Gasteiger partial charge is 0.245 e. The van der Waals surface area contributed by atoms with Gasteiger partial charge in [0.05, 0.1) is 27.8 Å². The lowest BCUT2D eigenvalue weighted by Crippen LogP contribution is -2.24. The fourth-order valence-corrected chi connectivity index (χ4v) is 3.87. The number of aryl methyl sites for hydroxylation is 1. The zero-order valence-electron chi connectivity index (χ0n) is 11.1. The smallest absolute Gasteiger partial charge is 0.242 e. The van der Waals surface area contributed by atoms with Crippen LogP contribution in [0.15, 0.2) is 28.5 Å². The Morgan fingerprint density at radius 3 is 2.86 bits per heavy atom. The van der Waals surface area contributed by atoms with Crippen LogP contribution in [0.4, 0.5) is 0 Å². The zero-order chi connectivity index (χ0) is 15.5. The molecular formula is C13H12ClN3O2S2. The Balaban J connectivity index is 2.23. The first-order valence-electron chi connectivity index (χ1n) is 6.09. The molecule has 0 aliphatic rings. The molecule has 8 heteroatoms. The minimum absolute atomic E-state index is 0.0563. The summed E-state index contributed by atoms with van der Waals surface area (Å²) < 4.78 is 27.0. The molecule has 21 heavy (non-hydrogen) atoms. The van der Waals surface area contributed by atoms with Gasteiger partial charge in [-0.2, -0.15) is 5.26 Å². The van der Waals surface area contributed by atoms with E-state index >= 15 is 0 Å². The maximum atomic E-state index is 12.3. The number of nitriles is 1. The summed E-state index contributed by atoms with van der Waals surface area (Å²) in [4.78, 5) is 4.16. The Morgan fingerprint density at radius 2 is 2.24 bits per heavy atom. The molecule has 0 aliphatic heterocycles. The van der Waals surface area contributed by atoms with Crippen molar-refractivity contribution in [2.75, 3.05) is 0 Å². The van der Waals surface area contributed by atoms with Crippen LogP contribution in [0.3, 0.4) is 0 Å².